The van der Waals surface area contributed by atoms with Crippen molar-refractivity contribution in [1.82, 2.24) is 10.2 Å². The molecule has 2 heterocycles. The molecule has 2 aromatic rings. The first-order chi connectivity index (χ1) is 13.8. The third-order valence-electron chi connectivity index (χ3n) is 6.14. The van der Waals surface area contributed by atoms with E-state index in [1.54, 1.807) is 0 Å². The predicted molar refractivity (Wildman–Crippen MR) is 114 cm³/mol. The van der Waals surface area contributed by atoms with Crippen LogP contribution in [0.15, 0.2) is 48.7 Å². The van der Waals surface area contributed by atoms with Gasteiger partial charge in [-0.05, 0) is 66.8 Å². The second-order valence-corrected chi connectivity index (χ2v) is 8.19. The Kier molecular flexibility index (Phi) is 4.55. The Bertz CT molecular complexity index is 894. The molecule has 4 nitrogen and oxygen atoms in total. The van der Waals surface area contributed by atoms with Crippen LogP contribution in [0.5, 0.6) is 0 Å². The molecule has 1 amide bonds. The van der Waals surface area contributed by atoms with Crippen LogP contribution in [0, 0.1) is 5.92 Å². The Balaban J connectivity index is 1.36. The molecule has 1 aliphatic carbocycles. The summed E-state index contributed by atoms with van der Waals surface area (Å²) >= 11 is 0. The Labute approximate surface area is 166 Å². The van der Waals surface area contributed by atoms with Gasteiger partial charge < -0.3 is 15.5 Å². The number of nitrogens with zero attached hydrogens (tertiary/aromatic N) is 1. The van der Waals surface area contributed by atoms with Gasteiger partial charge in [-0.15, -0.1) is 0 Å². The Morgan fingerprint density at radius 1 is 1.00 bits per heavy atom. The summed E-state index contributed by atoms with van der Waals surface area (Å²) in [5.41, 5.74) is 6.32. The van der Waals surface area contributed by atoms with Crippen molar-refractivity contribution in [3.63, 3.8) is 0 Å². The van der Waals surface area contributed by atoms with Crippen molar-refractivity contribution in [2.45, 2.75) is 38.3 Å². The number of carbonyl (C=O) groups is 1. The molecule has 28 heavy (non-hydrogen) atoms. The SMILES string of the molecule is O=C(C1CC1)N1CCC(Nc2cc(-c3ccccc3)cc3c2CNC=C3)CC1. The molecule has 144 valence electrons. The summed E-state index contributed by atoms with van der Waals surface area (Å²) in [6.07, 6.45) is 8.42. The van der Waals surface area contributed by atoms with Crippen LogP contribution in [-0.2, 0) is 11.3 Å². The second-order valence-electron chi connectivity index (χ2n) is 8.19. The van der Waals surface area contributed by atoms with Crippen LogP contribution in [0.4, 0.5) is 5.69 Å². The molecule has 0 unspecified atom stereocenters. The van der Waals surface area contributed by atoms with Crippen molar-refractivity contribution in [3.8, 4) is 11.1 Å². The van der Waals surface area contributed by atoms with E-state index in [0.29, 0.717) is 17.9 Å². The standard InChI is InChI=1S/C24H27N3O/c28-24(18-6-7-18)27-12-9-21(10-13-27)26-23-15-20(17-4-2-1-3-5-17)14-19-8-11-25-16-22(19)23/h1-5,8,11,14-15,18,21,25-26H,6-7,9-10,12-13,16H2. The van der Waals surface area contributed by atoms with Crippen LogP contribution >= 0.6 is 0 Å². The molecule has 2 aromatic carbocycles. The first-order valence-electron chi connectivity index (χ1n) is 10.5. The fourth-order valence-electron chi connectivity index (χ4n) is 4.33. The zero-order valence-electron chi connectivity index (χ0n) is 16.2. The smallest absolute Gasteiger partial charge is 0.225 e. The van der Waals surface area contributed by atoms with Crippen molar-refractivity contribution in [2.24, 2.45) is 5.92 Å². The lowest BCUT2D eigenvalue weighted by molar-refractivity contribution is -0.133. The van der Waals surface area contributed by atoms with E-state index in [1.807, 2.05) is 6.20 Å². The Hall–Kier alpha value is -2.75. The highest BCUT2D eigenvalue weighted by Gasteiger charge is 2.35. The monoisotopic (exact) mass is 373 g/mol. The van der Waals surface area contributed by atoms with Crippen molar-refractivity contribution < 1.29 is 4.79 Å². The van der Waals surface area contributed by atoms with Crippen LogP contribution < -0.4 is 10.6 Å². The van der Waals surface area contributed by atoms with E-state index in [4.69, 9.17) is 0 Å². The first kappa shape index (κ1) is 17.4. The summed E-state index contributed by atoms with van der Waals surface area (Å²) in [6.45, 7) is 2.61. The van der Waals surface area contributed by atoms with Crippen LogP contribution in [0.1, 0.15) is 36.8 Å². The molecule has 0 radical (unpaired) electrons. The molecule has 1 saturated carbocycles. The molecule has 0 bridgehead atoms. The highest BCUT2D eigenvalue weighted by molar-refractivity contribution is 5.81. The fraction of sp³-hybridized carbons (Fsp3) is 0.375. The maximum absolute atomic E-state index is 12.3. The highest BCUT2D eigenvalue weighted by Crippen LogP contribution is 2.34. The largest absolute Gasteiger partial charge is 0.387 e. The minimum Gasteiger partial charge on any atom is -0.387 e. The number of anilines is 1. The number of fused-ring (bicyclic) bond motifs is 1. The molecule has 0 atom stereocenters. The van der Waals surface area contributed by atoms with Gasteiger partial charge in [0.25, 0.3) is 0 Å². The summed E-state index contributed by atoms with van der Waals surface area (Å²) in [5.74, 6) is 0.716. The maximum atomic E-state index is 12.3. The van der Waals surface area contributed by atoms with Crippen molar-refractivity contribution in [3.05, 3.63) is 59.8 Å². The van der Waals surface area contributed by atoms with Gasteiger partial charge in [-0.25, -0.2) is 0 Å². The number of hydrogen-bond acceptors (Lipinski definition) is 3. The topological polar surface area (TPSA) is 44.4 Å². The molecule has 0 spiro atoms. The Morgan fingerprint density at radius 2 is 1.79 bits per heavy atom. The highest BCUT2D eigenvalue weighted by atomic mass is 16.2. The van der Waals surface area contributed by atoms with Gasteiger partial charge in [0.05, 0.1) is 0 Å². The average Bonchev–Trinajstić information content (AvgIpc) is 3.60. The lowest BCUT2D eigenvalue weighted by Gasteiger charge is -2.34. The number of hydrogen-bond donors (Lipinski definition) is 2. The van der Waals surface area contributed by atoms with Crippen LogP contribution in [-0.4, -0.2) is 29.9 Å². The van der Waals surface area contributed by atoms with Crippen LogP contribution in [0.2, 0.25) is 0 Å². The minimum absolute atomic E-state index is 0.331. The quantitative estimate of drug-likeness (QED) is 0.842. The summed E-state index contributed by atoms with van der Waals surface area (Å²) in [6, 6.07) is 15.6. The minimum atomic E-state index is 0.331. The number of benzene rings is 2. The lowest BCUT2D eigenvalue weighted by Crippen LogP contribution is -2.43. The number of rotatable bonds is 4. The van der Waals surface area contributed by atoms with Gasteiger partial charge in [-0.2, -0.15) is 0 Å². The molecule has 5 rings (SSSR count). The molecule has 4 heteroatoms. The zero-order chi connectivity index (χ0) is 18.9. The molecule has 3 aliphatic rings. The van der Waals surface area contributed by atoms with E-state index in [-0.39, 0.29) is 0 Å². The summed E-state index contributed by atoms with van der Waals surface area (Å²) in [5, 5.41) is 7.16. The van der Waals surface area contributed by atoms with Gasteiger partial charge in [-0.3, -0.25) is 4.79 Å². The van der Waals surface area contributed by atoms with Crippen molar-refractivity contribution in [1.29, 1.82) is 0 Å². The maximum Gasteiger partial charge on any atom is 0.225 e. The third-order valence-corrected chi connectivity index (χ3v) is 6.14. The van der Waals surface area contributed by atoms with E-state index < -0.39 is 0 Å². The second kappa shape index (κ2) is 7.34. The van der Waals surface area contributed by atoms with E-state index >= 15 is 0 Å². The molecular formula is C24H27N3O. The first-order valence-corrected chi connectivity index (χ1v) is 10.5. The van der Waals surface area contributed by atoms with Crippen LogP contribution in [0.25, 0.3) is 17.2 Å². The van der Waals surface area contributed by atoms with E-state index in [1.165, 1.54) is 27.9 Å². The van der Waals surface area contributed by atoms with E-state index in [0.717, 1.165) is 45.3 Å². The molecule has 2 N–H and O–H groups in total. The van der Waals surface area contributed by atoms with Gasteiger partial charge in [0.1, 0.15) is 0 Å². The molecule has 2 aliphatic heterocycles. The van der Waals surface area contributed by atoms with Crippen molar-refractivity contribution in [2.75, 3.05) is 18.4 Å². The number of piperidine rings is 1. The molecule has 1 saturated heterocycles. The zero-order valence-corrected chi connectivity index (χ0v) is 16.2. The summed E-state index contributed by atoms with van der Waals surface area (Å²) in [7, 11) is 0. The normalized spacial score (nSPS) is 19.1. The van der Waals surface area contributed by atoms with Crippen molar-refractivity contribution >= 4 is 17.7 Å². The van der Waals surface area contributed by atoms with Gasteiger partial charge in [0.2, 0.25) is 5.91 Å². The molecule has 2 fully saturated rings. The van der Waals surface area contributed by atoms with E-state index in [2.05, 4.69) is 64.1 Å². The third kappa shape index (κ3) is 3.51. The fourth-order valence-corrected chi connectivity index (χ4v) is 4.33. The molecule has 0 aromatic heterocycles. The Morgan fingerprint density at radius 3 is 2.54 bits per heavy atom. The summed E-state index contributed by atoms with van der Waals surface area (Å²) in [4.78, 5) is 14.4. The van der Waals surface area contributed by atoms with Gasteiger partial charge in [-0.1, -0.05) is 30.3 Å². The lowest BCUT2D eigenvalue weighted by atomic mass is 9.94. The van der Waals surface area contributed by atoms with Gasteiger partial charge in [0.15, 0.2) is 0 Å². The molecular weight excluding hydrogens is 346 g/mol. The van der Waals surface area contributed by atoms with Gasteiger partial charge >= 0.3 is 0 Å². The number of amides is 1. The van der Waals surface area contributed by atoms with Gasteiger partial charge in [0, 0.05) is 42.8 Å². The van der Waals surface area contributed by atoms with E-state index in [9.17, 15) is 4.79 Å². The number of carbonyl (C=O) groups excluding carboxylic acids is 1. The van der Waals surface area contributed by atoms with Crippen LogP contribution in [0.3, 0.4) is 0 Å². The number of nitrogens with one attached hydrogen (secondary N) is 2. The average molecular weight is 374 g/mol. The number of likely N-dealkylation sites (tertiary alicyclic amines) is 1. The summed E-state index contributed by atoms with van der Waals surface area (Å²) < 4.78 is 0. The predicted octanol–water partition coefficient (Wildman–Crippen LogP) is 4.24.